The van der Waals surface area contributed by atoms with Gasteiger partial charge in [-0.2, -0.15) is 10.1 Å². The zero-order chi connectivity index (χ0) is 16.4. The largest absolute Gasteiger partial charge is 0.493 e. The third-order valence-electron chi connectivity index (χ3n) is 3.77. The summed E-state index contributed by atoms with van der Waals surface area (Å²) in [6.07, 6.45) is 2.35. The zero-order valence-corrected chi connectivity index (χ0v) is 13.4. The first-order valence-corrected chi connectivity index (χ1v) is 7.98. The van der Waals surface area contributed by atoms with E-state index in [-0.39, 0.29) is 6.10 Å². The summed E-state index contributed by atoms with van der Waals surface area (Å²) in [6.45, 7) is 3.63. The van der Waals surface area contributed by atoms with Crippen LogP contribution >= 0.6 is 0 Å². The zero-order valence-electron chi connectivity index (χ0n) is 13.4. The summed E-state index contributed by atoms with van der Waals surface area (Å²) in [5.74, 6) is 0.805. The summed E-state index contributed by atoms with van der Waals surface area (Å²) in [5, 5.41) is 8.37. The Kier molecular flexibility index (Phi) is 4.00. The van der Waals surface area contributed by atoms with Crippen molar-refractivity contribution in [2.75, 3.05) is 19.8 Å². The first-order chi connectivity index (χ1) is 11.8. The van der Waals surface area contributed by atoms with Crippen LogP contribution in [0.4, 0.5) is 0 Å². The lowest BCUT2D eigenvalue weighted by Crippen LogP contribution is -2.21. The van der Waals surface area contributed by atoms with Crippen molar-refractivity contribution in [1.29, 1.82) is 0 Å². The van der Waals surface area contributed by atoms with Crippen molar-refractivity contribution < 1.29 is 14.2 Å². The highest BCUT2D eigenvalue weighted by Crippen LogP contribution is 2.29. The Hall–Kier alpha value is -2.67. The van der Waals surface area contributed by atoms with E-state index < -0.39 is 0 Å². The molecular weight excluding hydrogens is 308 g/mol. The minimum Gasteiger partial charge on any atom is -0.493 e. The van der Waals surface area contributed by atoms with Crippen molar-refractivity contribution in [3.63, 3.8) is 0 Å². The van der Waals surface area contributed by atoms with Crippen molar-refractivity contribution in [3.8, 4) is 23.1 Å². The Labute approximate surface area is 139 Å². The highest BCUT2D eigenvalue weighted by atomic mass is 16.5. The summed E-state index contributed by atoms with van der Waals surface area (Å²) in [7, 11) is 0. The van der Waals surface area contributed by atoms with Crippen LogP contribution in [0.5, 0.6) is 11.8 Å². The second kappa shape index (κ2) is 6.45. The van der Waals surface area contributed by atoms with E-state index >= 15 is 0 Å². The van der Waals surface area contributed by atoms with Crippen LogP contribution < -0.4 is 9.47 Å². The smallest absolute Gasteiger partial charge is 0.317 e. The molecule has 1 N–H and O–H groups in total. The number of benzene rings is 1. The predicted octanol–water partition coefficient (Wildman–Crippen LogP) is 2.59. The van der Waals surface area contributed by atoms with Gasteiger partial charge in [-0.1, -0.05) is 0 Å². The van der Waals surface area contributed by atoms with Crippen LogP contribution in [0, 0.1) is 0 Å². The van der Waals surface area contributed by atoms with Crippen LogP contribution in [0.1, 0.15) is 13.3 Å². The van der Waals surface area contributed by atoms with Crippen LogP contribution in [0.15, 0.2) is 30.5 Å². The standard InChI is InChI=1S/C17H18N4O3/c1-11-10-22-7-2-8-23-12-3-4-14-13(9-12)16(21-20-14)15-5-6-18-17(19-15)24-11/h3-6,9,11H,2,7-8,10H2,1H3,(H,20,21)/t11-/m1/s1. The molecule has 4 rings (SSSR count). The molecule has 1 atom stereocenters. The Morgan fingerprint density at radius 3 is 3.12 bits per heavy atom. The molecule has 0 saturated heterocycles. The lowest BCUT2D eigenvalue weighted by molar-refractivity contribution is 0.0486. The number of nitrogens with one attached hydrogen (secondary N) is 1. The number of nitrogens with zero attached hydrogens (tertiary/aromatic N) is 3. The Morgan fingerprint density at radius 1 is 1.21 bits per heavy atom. The third-order valence-corrected chi connectivity index (χ3v) is 3.77. The van der Waals surface area contributed by atoms with Gasteiger partial charge in [0.2, 0.25) is 0 Å². The third kappa shape index (κ3) is 3.03. The summed E-state index contributed by atoms with van der Waals surface area (Å²) >= 11 is 0. The molecule has 24 heavy (non-hydrogen) atoms. The second-order valence-corrected chi connectivity index (χ2v) is 5.71. The minimum atomic E-state index is -0.133. The number of aromatic amines is 1. The molecule has 0 aliphatic carbocycles. The SMILES string of the molecule is C[C@@H]1COCCCOc2ccc3[nH]nc(c3c2)-c2ccnc(n2)O1. The van der Waals surface area contributed by atoms with E-state index in [9.17, 15) is 0 Å². The van der Waals surface area contributed by atoms with Gasteiger partial charge in [-0.3, -0.25) is 5.10 Å². The van der Waals surface area contributed by atoms with Crippen LogP contribution in [0.2, 0.25) is 0 Å². The topological polar surface area (TPSA) is 82.2 Å². The fourth-order valence-electron chi connectivity index (χ4n) is 2.62. The Morgan fingerprint density at radius 2 is 2.17 bits per heavy atom. The highest BCUT2D eigenvalue weighted by molar-refractivity contribution is 5.92. The van der Waals surface area contributed by atoms with Gasteiger partial charge >= 0.3 is 6.01 Å². The van der Waals surface area contributed by atoms with Gasteiger partial charge in [0, 0.05) is 24.6 Å². The lowest BCUT2D eigenvalue weighted by atomic mass is 10.1. The molecule has 1 aliphatic rings. The van der Waals surface area contributed by atoms with Crippen LogP contribution in [-0.2, 0) is 4.74 Å². The molecule has 7 heteroatoms. The molecular formula is C17H18N4O3. The summed E-state index contributed by atoms with van der Waals surface area (Å²) < 4.78 is 17.2. The van der Waals surface area contributed by atoms with Crippen molar-refractivity contribution >= 4 is 10.9 Å². The second-order valence-electron chi connectivity index (χ2n) is 5.71. The monoisotopic (exact) mass is 326 g/mol. The molecule has 3 heterocycles. The van der Waals surface area contributed by atoms with Crippen LogP contribution in [0.25, 0.3) is 22.3 Å². The maximum absolute atomic E-state index is 5.81. The van der Waals surface area contributed by atoms with Gasteiger partial charge in [-0.15, -0.1) is 0 Å². The average Bonchev–Trinajstić information content (AvgIpc) is 3.00. The first kappa shape index (κ1) is 14.9. The van der Waals surface area contributed by atoms with Gasteiger partial charge in [-0.05, 0) is 31.2 Å². The minimum absolute atomic E-state index is 0.133. The van der Waals surface area contributed by atoms with E-state index in [2.05, 4.69) is 20.2 Å². The normalized spacial score (nSPS) is 18.5. The molecule has 0 saturated carbocycles. The fourth-order valence-corrected chi connectivity index (χ4v) is 2.62. The number of aromatic nitrogens is 4. The maximum Gasteiger partial charge on any atom is 0.317 e. The number of H-pyrrole nitrogens is 1. The molecule has 3 aromatic rings. The molecule has 0 spiro atoms. The van der Waals surface area contributed by atoms with E-state index in [4.69, 9.17) is 14.2 Å². The molecule has 7 nitrogen and oxygen atoms in total. The molecule has 124 valence electrons. The van der Waals surface area contributed by atoms with Crippen molar-refractivity contribution in [2.45, 2.75) is 19.4 Å². The van der Waals surface area contributed by atoms with E-state index in [1.807, 2.05) is 31.2 Å². The van der Waals surface area contributed by atoms with Gasteiger partial charge in [0.05, 0.1) is 24.4 Å². The summed E-state index contributed by atoms with van der Waals surface area (Å²) in [4.78, 5) is 8.65. The molecule has 0 unspecified atom stereocenters. The predicted molar refractivity (Wildman–Crippen MR) is 88.1 cm³/mol. The maximum atomic E-state index is 5.81. The molecule has 2 aromatic heterocycles. The molecule has 1 aromatic carbocycles. The van der Waals surface area contributed by atoms with Gasteiger partial charge < -0.3 is 14.2 Å². The van der Waals surface area contributed by atoms with Gasteiger partial charge in [0.15, 0.2) is 0 Å². The van der Waals surface area contributed by atoms with Crippen LogP contribution in [0.3, 0.4) is 0 Å². The van der Waals surface area contributed by atoms with Gasteiger partial charge in [0.25, 0.3) is 0 Å². The highest BCUT2D eigenvalue weighted by Gasteiger charge is 2.14. The van der Waals surface area contributed by atoms with E-state index in [1.54, 1.807) is 6.20 Å². The van der Waals surface area contributed by atoms with Crippen molar-refractivity contribution in [1.82, 2.24) is 20.2 Å². The fraction of sp³-hybridized carbons (Fsp3) is 0.353. The number of fused-ring (bicyclic) bond motifs is 4. The number of hydrogen-bond donors (Lipinski definition) is 1. The van der Waals surface area contributed by atoms with E-state index in [0.29, 0.717) is 31.5 Å². The van der Waals surface area contributed by atoms with Crippen molar-refractivity contribution in [2.24, 2.45) is 0 Å². The van der Waals surface area contributed by atoms with Gasteiger partial charge in [0.1, 0.15) is 17.5 Å². The van der Waals surface area contributed by atoms with Crippen molar-refractivity contribution in [3.05, 3.63) is 30.5 Å². The Bertz CT molecular complexity index is 849. The number of ether oxygens (including phenoxy) is 3. The average molecular weight is 326 g/mol. The summed E-state index contributed by atoms with van der Waals surface area (Å²) in [5.41, 5.74) is 2.38. The molecule has 4 bridgehead atoms. The molecule has 1 aliphatic heterocycles. The molecule has 0 amide bonds. The molecule has 0 radical (unpaired) electrons. The molecule has 0 fully saturated rings. The lowest BCUT2D eigenvalue weighted by Gasteiger charge is -2.13. The van der Waals surface area contributed by atoms with Crippen LogP contribution in [-0.4, -0.2) is 46.1 Å². The van der Waals surface area contributed by atoms with E-state index in [0.717, 1.165) is 28.8 Å². The number of hydrogen-bond acceptors (Lipinski definition) is 6. The Balaban J connectivity index is 1.78. The summed E-state index contributed by atoms with van der Waals surface area (Å²) in [6, 6.07) is 7.99. The van der Waals surface area contributed by atoms with E-state index in [1.165, 1.54) is 0 Å². The van der Waals surface area contributed by atoms with Gasteiger partial charge in [-0.25, -0.2) is 4.98 Å². The first-order valence-electron chi connectivity index (χ1n) is 7.98. The number of rotatable bonds is 0. The quantitative estimate of drug-likeness (QED) is 0.684.